The smallest absolute Gasteiger partial charge is 0.0858 e. The summed E-state index contributed by atoms with van der Waals surface area (Å²) in [6.07, 6.45) is 4.28. The third-order valence-corrected chi connectivity index (χ3v) is 3.04. The average Bonchev–Trinajstić information content (AvgIpc) is 2.74. The molecule has 107 valence electrons. The van der Waals surface area contributed by atoms with Gasteiger partial charge in [0.25, 0.3) is 0 Å². The average molecular weight is 543 g/mol. The number of aliphatic imine (C=N–C) groups is 1. The van der Waals surface area contributed by atoms with E-state index in [1.165, 1.54) is 5.71 Å². The zero-order valence-electron chi connectivity index (χ0n) is 11.1. The third kappa shape index (κ3) is 5.86. The third-order valence-electron chi connectivity index (χ3n) is 3.04. The van der Waals surface area contributed by atoms with E-state index in [1.807, 2.05) is 24.3 Å². The zero-order chi connectivity index (χ0) is 12.3. The van der Waals surface area contributed by atoms with Crippen molar-refractivity contribution in [1.82, 2.24) is 0 Å². The van der Waals surface area contributed by atoms with Crippen LogP contribution in [0.1, 0.15) is 32.3 Å². The van der Waals surface area contributed by atoms with E-state index >= 15 is 0 Å². The van der Waals surface area contributed by atoms with Crippen LogP contribution < -0.4 is 0 Å². The predicted molar refractivity (Wildman–Crippen MR) is 70.2 cm³/mol. The van der Waals surface area contributed by atoms with E-state index in [9.17, 15) is 0 Å². The first-order valence-electron chi connectivity index (χ1n) is 5.88. The summed E-state index contributed by atoms with van der Waals surface area (Å²) in [7, 11) is 0. The summed E-state index contributed by atoms with van der Waals surface area (Å²) in [5.74, 6) is 0.619. The molecular weight excluding hydrogens is 526 g/mol. The fourth-order valence-electron chi connectivity index (χ4n) is 2.07. The fourth-order valence-corrected chi connectivity index (χ4v) is 2.07. The molecule has 0 heterocycles. The van der Waals surface area contributed by atoms with E-state index in [0.717, 1.165) is 24.1 Å². The van der Waals surface area contributed by atoms with Gasteiger partial charge in [-0.1, -0.05) is 30.3 Å². The van der Waals surface area contributed by atoms with E-state index < -0.39 is 0 Å². The van der Waals surface area contributed by atoms with Crippen molar-refractivity contribution in [3.05, 3.63) is 36.2 Å². The van der Waals surface area contributed by atoms with Crippen molar-refractivity contribution >= 4 is 17.1 Å². The van der Waals surface area contributed by atoms with Crippen molar-refractivity contribution in [2.45, 2.75) is 26.7 Å². The number of hydrogen-bond donors (Lipinski definition) is 1. The van der Waals surface area contributed by atoms with Crippen LogP contribution in [0.4, 0.5) is 5.69 Å². The van der Waals surface area contributed by atoms with Gasteiger partial charge in [-0.05, 0) is 25.1 Å². The Balaban J connectivity index is 0.00000162. The van der Waals surface area contributed by atoms with Gasteiger partial charge in [-0.15, -0.1) is 6.42 Å². The Bertz CT molecular complexity index is 474. The number of nitrogens with zero attached hydrogens (tertiary/aromatic N) is 2. The van der Waals surface area contributed by atoms with Gasteiger partial charge in [0.1, 0.15) is 0 Å². The van der Waals surface area contributed by atoms with E-state index in [1.54, 1.807) is 6.92 Å². The summed E-state index contributed by atoms with van der Waals surface area (Å²) < 4.78 is 0. The minimum atomic E-state index is 0. The van der Waals surface area contributed by atoms with Gasteiger partial charge in [-0.3, -0.25) is 4.99 Å². The maximum atomic E-state index is 8.85. The first kappa shape index (κ1) is 20.2. The zero-order valence-corrected chi connectivity index (χ0v) is 16.5. The van der Waals surface area contributed by atoms with Crippen LogP contribution in [0.5, 0.6) is 0 Å². The second-order valence-corrected chi connectivity index (χ2v) is 4.50. The molecule has 0 spiro atoms. The molecule has 3 nitrogen and oxygen atoms in total. The van der Waals surface area contributed by atoms with E-state index in [2.05, 4.69) is 23.5 Å². The van der Waals surface area contributed by atoms with Gasteiger partial charge >= 0.3 is 0 Å². The van der Waals surface area contributed by atoms with E-state index in [-0.39, 0.29) is 88.2 Å². The molecule has 1 aliphatic rings. The minimum absolute atomic E-state index is 0. The van der Waals surface area contributed by atoms with E-state index in [4.69, 9.17) is 5.21 Å². The van der Waals surface area contributed by atoms with Crippen LogP contribution in [0.2, 0.25) is 0 Å². The molecule has 1 unspecified atom stereocenters. The standard InChI is InChI=1S/C14H17N2O.Pr.Yb/c1-10-7-8-12(9-10)15-14-6-4-3-5-13(14)11(2)16-17;;/h3-7,10,17H,8-9H2,1-2H3;;/q-1;;. The molecule has 0 aromatic heterocycles. The molecule has 5 heteroatoms. The SMILES string of the molecule is CC(=NO)c1ccccc1N=C1C[CH-]C(C)C1.[Pr].[Yb]. The quantitative estimate of drug-likeness (QED) is 0.264. The van der Waals surface area contributed by atoms with Crippen molar-refractivity contribution < 1.29 is 93.4 Å². The molecule has 1 aromatic rings. The Morgan fingerprint density at radius 2 is 2.05 bits per heavy atom. The summed E-state index contributed by atoms with van der Waals surface area (Å²) in [6, 6.07) is 7.77. The van der Waals surface area contributed by atoms with Gasteiger partial charge in [0.2, 0.25) is 0 Å². The molecule has 1 aromatic carbocycles. The molecule has 0 aliphatic heterocycles. The summed E-state index contributed by atoms with van der Waals surface area (Å²) in [6.45, 7) is 3.98. The van der Waals surface area contributed by atoms with Crippen LogP contribution in [0.3, 0.4) is 0 Å². The van der Waals surface area contributed by atoms with E-state index in [0.29, 0.717) is 11.6 Å². The predicted octanol–water partition coefficient (Wildman–Crippen LogP) is 3.59. The van der Waals surface area contributed by atoms with Crippen LogP contribution in [-0.2, 0) is 0 Å². The fraction of sp³-hybridized carbons (Fsp3) is 0.357. The molecule has 1 fully saturated rings. The summed E-state index contributed by atoms with van der Waals surface area (Å²) in [4.78, 5) is 4.67. The van der Waals surface area contributed by atoms with Crippen molar-refractivity contribution in [3.8, 4) is 0 Å². The Kier molecular flexibility index (Phi) is 10.7. The topological polar surface area (TPSA) is 45.0 Å². The van der Waals surface area contributed by atoms with Gasteiger partial charge in [0, 0.05) is 93.8 Å². The van der Waals surface area contributed by atoms with Crippen molar-refractivity contribution in [2.75, 3.05) is 0 Å². The second-order valence-electron chi connectivity index (χ2n) is 4.50. The van der Waals surface area contributed by atoms with Gasteiger partial charge in [0.15, 0.2) is 0 Å². The molecule has 1 aliphatic carbocycles. The molecule has 19 heavy (non-hydrogen) atoms. The van der Waals surface area contributed by atoms with Crippen LogP contribution in [-0.4, -0.2) is 16.6 Å². The molecule has 1 saturated carbocycles. The summed E-state index contributed by atoms with van der Waals surface area (Å²) in [5, 5.41) is 12.1. The summed E-state index contributed by atoms with van der Waals surface area (Å²) >= 11 is 0. The van der Waals surface area contributed by atoms with Gasteiger partial charge in [-0.2, -0.15) is 5.92 Å². The molecule has 1 atom stereocenters. The molecule has 0 amide bonds. The number of rotatable bonds is 2. The van der Waals surface area contributed by atoms with Crippen LogP contribution in [0.15, 0.2) is 34.4 Å². The van der Waals surface area contributed by atoms with Crippen LogP contribution >= 0.6 is 0 Å². The Hall–Kier alpha value is 1.24. The molecule has 1 radical (unpaired) electrons. The Morgan fingerprint density at radius 1 is 1.37 bits per heavy atom. The molecule has 0 bridgehead atoms. The van der Waals surface area contributed by atoms with Crippen molar-refractivity contribution in [1.29, 1.82) is 0 Å². The first-order valence-corrected chi connectivity index (χ1v) is 5.88. The molecule has 0 saturated heterocycles. The number of benzene rings is 1. The monoisotopic (exact) mass is 544 g/mol. The van der Waals surface area contributed by atoms with Gasteiger partial charge in [0.05, 0.1) is 11.4 Å². The number of oxime groups is 1. The largest absolute Gasteiger partial charge is 0.411 e. The Labute approximate surface area is 186 Å². The first-order chi connectivity index (χ1) is 8.20. The number of para-hydroxylation sites is 1. The maximum absolute atomic E-state index is 8.85. The van der Waals surface area contributed by atoms with Crippen LogP contribution in [0.25, 0.3) is 0 Å². The van der Waals surface area contributed by atoms with Crippen molar-refractivity contribution in [2.24, 2.45) is 16.1 Å². The Morgan fingerprint density at radius 3 is 2.63 bits per heavy atom. The second kappa shape index (κ2) is 10.1. The summed E-state index contributed by atoms with van der Waals surface area (Å²) in [5.41, 5.74) is 3.58. The molecule has 1 N–H and O–H groups in total. The normalized spacial score (nSPS) is 20.8. The van der Waals surface area contributed by atoms with Crippen LogP contribution in [0, 0.1) is 101 Å². The van der Waals surface area contributed by atoms with Crippen molar-refractivity contribution in [3.63, 3.8) is 0 Å². The van der Waals surface area contributed by atoms with Gasteiger partial charge < -0.3 is 11.6 Å². The maximum Gasteiger partial charge on any atom is 0.0858 e. The van der Waals surface area contributed by atoms with Gasteiger partial charge in [-0.25, -0.2) is 0 Å². The molecular formula is C14H17N2OPrYb-. The number of hydrogen-bond acceptors (Lipinski definition) is 3. The molecule has 2 rings (SSSR count). The minimum Gasteiger partial charge on any atom is -0.411 e.